The summed E-state index contributed by atoms with van der Waals surface area (Å²) in [6, 6.07) is -0.285. The van der Waals surface area contributed by atoms with Crippen LogP contribution < -0.4 is 10.6 Å². The SMILES string of the molecule is CC1(C)CCCC(NC(=O)NC2(C(=O)O)CCOC2)C1. The number of amides is 2. The molecule has 2 amide bonds. The fourth-order valence-electron chi connectivity index (χ4n) is 3.15. The van der Waals surface area contributed by atoms with Crippen LogP contribution in [0.15, 0.2) is 0 Å². The Bertz CT molecular complexity index is 389. The molecule has 2 rings (SSSR count). The molecule has 2 atom stereocenters. The van der Waals surface area contributed by atoms with Crippen LogP contribution in [-0.2, 0) is 9.53 Å². The topological polar surface area (TPSA) is 87.7 Å². The van der Waals surface area contributed by atoms with E-state index in [0.29, 0.717) is 13.0 Å². The van der Waals surface area contributed by atoms with E-state index in [2.05, 4.69) is 24.5 Å². The predicted octanol–water partition coefficient (Wildman–Crippen LogP) is 1.50. The number of carboxylic acids is 1. The average molecular weight is 284 g/mol. The third-order valence-corrected chi connectivity index (χ3v) is 4.32. The molecule has 0 radical (unpaired) electrons. The molecule has 0 aromatic carbocycles. The van der Waals surface area contributed by atoms with Crippen molar-refractivity contribution in [3.63, 3.8) is 0 Å². The number of hydrogen-bond donors (Lipinski definition) is 3. The lowest BCUT2D eigenvalue weighted by molar-refractivity contribution is -0.144. The zero-order chi connectivity index (χ0) is 14.8. The zero-order valence-electron chi connectivity index (χ0n) is 12.2. The Morgan fingerprint density at radius 3 is 2.60 bits per heavy atom. The minimum absolute atomic E-state index is 0.0336. The highest BCUT2D eigenvalue weighted by Crippen LogP contribution is 2.35. The molecule has 0 spiro atoms. The van der Waals surface area contributed by atoms with Crippen LogP contribution in [0.3, 0.4) is 0 Å². The van der Waals surface area contributed by atoms with Gasteiger partial charge in [-0.15, -0.1) is 0 Å². The first-order valence-corrected chi connectivity index (χ1v) is 7.23. The van der Waals surface area contributed by atoms with E-state index in [-0.39, 0.29) is 18.1 Å². The first-order chi connectivity index (χ1) is 9.33. The summed E-state index contributed by atoms with van der Waals surface area (Å²) in [5.74, 6) is -1.03. The summed E-state index contributed by atoms with van der Waals surface area (Å²) in [6.07, 6.45) is 4.45. The number of carbonyl (C=O) groups is 2. The Morgan fingerprint density at radius 1 is 1.30 bits per heavy atom. The summed E-state index contributed by atoms with van der Waals surface area (Å²) in [5.41, 5.74) is -1.04. The fourth-order valence-corrected chi connectivity index (χ4v) is 3.15. The van der Waals surface area contributed by atoms with Gasteiger partial charge < -0.3 is 20.5 Å². The van der Waals surface area contributed by atoms with Gasteiger partial charge in [0, 0.05) is 19.1 Å². The van der Waals surface area contributed by atoms with E-state index in [1.807, 2.05) is 0 Å². The van der Waals surface area contributed by atoms with Gasteiger partial charge in [0.15, 0.2) is 5.54 Å². The second-order valence-electron chi connectivity index (χ2n) is 6.75. The number of aliphatic carboxylic acids is 1. The monoisotopic (exact) mass is 284 g/mol. The lowest BCUT2D eigenvalue weighted by Gasteiger charge is -2.36. The Morgan fingerprint density at radius 2 is 2.05 bits per heavy atom. The number of hydrogen-bond acceptors (Lipinski definition) is 3. The van der Waals surface area contributed by atoms with Crippen LogP contribution in [0.25, 0.3) is 0 Å². The molecule has 6 heteroatoms. The van der Waals surface area contributed by atoms with Crippen LogP contribution in [0.4, 0.5) is 4.79 Å². The van der Waals surface area contributed by atoms with E-state index in [1.54, 1.807) is 0 Å². The van der Waals surface area contributed by atoms with Gasteiger partial charge in [0.1, 0.15) is 0 Å². The molecule has 0 bridgehead atoms. The highest BCUT2D eigenvalue weighted by Gasteiger charge is 2.44. The molecule has 1 aliphatic carbocycles. The second kappa shape index (κ2) is 5.60. The maximum atomic E-state index is 12.0. The van der Waals surface area contributed by atoms with Gasteiger partial charge in [-0.25, -0.2) is 9.59 Å². The maximum absolute atomic E-state index is 12.0. The summed E-state index contributed by atoms with van der Waals surface area (Å²) in [7, 11) is 0. The molecule has 0 aromatic rings. The second-order valence-corrected chi connectivity index (χ2v) is 6.75. The Balaban J connectivity index is 1.90. The van der Waals surface area contributed by atoms with E-state index in [9.17, 15) is 14.7 Å². The fraction of sp³-hybridized carbons (Fsp3) is 0.857. The molecule has 1 heterocycles. The van der Waals surface area contributed by atoms with Crippen molar-refractivity contribution < 1.29 is 19.4 Å². The first kappa shape index (κ1) is 15.1. The van der Waals surface area contributed by atoms with Gasteiger partial charge >= 0.3 is 12.0 Å². The summed E-state index contributed by atoms with van der Waals surface area (Å²) >= 11 is 0. The molecule has 2 unspecified atom stereocenters. The molecule has 114 valence electrons. The van der Waals surface area contributed by atoms with Gasteiger partial charge in [-0.2, -0.15) is 0 Å². The van der Waals surface area contributed by atoms with Gasteiger partial charge in [-0.1, -0.05) is 20.3 Å². The van der Waals surface area contributed by atoms with Crippen molar-refractivity contribution in [1.29, 1.82) is 0 Å². The molecule has 3 N–H and O–H groups in total. The van der Waals surface area contributed by atoms with Crippen LogP contribution in [0.5, 0.6) is 0 Å². The van der Waals surface area contributed by atoms with Gasteiger partial charge in [0.25, 0.3) is 0 Å². The Labute approximate surface area is 119 Å². The molecule has 2 aliphatic rings. The molecule has 1 saturated carbocycles. The smallest absolute Gasteiger partial charge is 0.332 e. The molecule has 1 saturated heterocycles. The van der Waals surface area contributed by atoms with Crippen molar-refractivity contribution in [2.45, 2.75) is 57.5 Å². The van der Waals surface area contributed by atoms with Gasteiger partial charge in [0.2, 0.25) is 0 Å². The van der Waals surface area contributed by atoms with Crippen molar-refractivity contribution in [3.8, 4) is 0 Å². The number of carbonyl (C=O) groups excluding carboxylic acids is 1. The largest absolute Gasteiger partial charge is 0.479 e. The van der Waals surface area contributed by atoms with E-state index < -0.39 is 17.5 Å². The molecule has 0 aromatic heterocycles. The van der Waals surface area contributed by atoms with Crippen LogP contribution in [0.2, 0.25) is 0 Å². The van der Waals surface area contributed by atoms with Crippen LogP contribution in [-0.4, -0.2) is 41.9 Å². The average Bonchev–Trinajstić information content (AvgIpc) is 2.77. The number of ether oxygens (including phenoxy) is 1. The lowest BCUT2D eigenvalue weighted by atomic mass is 9.75. The third-order valence-electron chi connectivity index (χ3n) is 4.32. The van der Waals surface area contributed by atoms with Crippen molar-refractivity contribution >= 4 is 12.0 Å². The van der Waals surface area contributed by atoms with Gasteiger partial charge in [-0.05, 0) is 24.7 Å². The maximum Gasteiger partial charge on any atom is 0.332 e. The highest BCUT2D eigenvalue weighted by molar-refractivity contribution is 5.86. The predicted molar refractivity (Wildman–Crippen MR) is 73.5 cm³/mol. The van der Waals surface area contributed by atoms with Crippen molar-refractivity contribution in [2.24, 2.45) is 5.41 Å². The van der Waals surface area contributed by atoms with E-state index in [4.69, 9.17) is 4.74 Å². The molecule has 2 fully saturated rings. The number of carboxylic acid groups (broad SMARTS) is 1. The quantitative estimate of drug-likeness (QED) is 0.733. The molecule has 6 nitrogen and oxygen atoms in total. The van der Waals surface area contributed by atoms with Gasteiger partial charge in [0.05, 0.1) is 6.61 Å². The summed E-state index contributed by atoms with van der Waals surface area (Å²) < 4.78 is 5.12. The molecular weight excluding hydrogens is 260 g/mol. The first-order valence-electron chi connectivity index (χ1n) is 7.23. The van der Waals surface area contributed by atoms with Crippen LogP contribution in [0.1, 0.15) is 46.0 Å². The normalized spacial score (nSPS) is 32.6. The Kier molecular flexibility index (Phi) is 4.22. The van der Waals surface area contributed by atoms with E-state index in [0.717, 1.165) is 19.3 Å². The minimum atomic E-state index is -1.27. The van der Waals surface area contributed by atoms with Crippen molar-refractivity contribution in [3.05, 3.63) is 0 Å². The summed E-state index contributed by atoms with van der Waals surface area (Å²) in [5, 5.41) is 14.8. The minimum Gasteiger partial charge on any atom is -0.479 e. The van der Waals surface area contributed by atoms with Crippen molar-refractivity contribution in [2.75, 3.05) is 13.2 Å². The third kappa shape index (κ3) is 3.42. The highest BCUT2D eigenvalue weighted by atomic mass is 16.5. The number of nitrogens with one attached hydrogen (secondary N) is 2. The lowest BCUT2D eigenvalue weighted by Crippen LogP contribution is -2.59. The molecule has 1 aliphatic heterocycles. The van der Waals surface area contributed by atoms with Crippen LogP contribution in [0, 0.1) is 5.41 Å². The van der Waals surface area contributed by atoms with E-state index >= 15 is 0 Å². The molecule has 20 heavy (non-hydrogen) atoms. The standard InChI is InChI=1S/C14H24N2O4/c1-13(2)5-3-4-10(8-13)15-12(19)16-14(11(17)18)6-7-20-9-14/h10H,3-9H2,1-2H3,(H,17,18)(H2,15,16,19). The van der Waals surface area contributed by atoms with E-state index in [1.165, 1.54) is 6.42 Å². The molecular formula is C14H24N2O4. The van der Waals surface area contributed by atoms with Crippen molar-refractivity contribution in [1.82, 2.24) is 10.6 Å². The summed E-state index contributed by atoms with van der Waals surface area (Å²) in [4.78, 5) is 23.4. The number of urea groups is 1. The number of rotatable bonds is 3. The zero-order valence-corrected chi connectivity index (χ0v) is 12.2. The summed E-state index contributed by atoms with van der Waals surface area (Å²) in [6.45, 7) is 4.79. The van der Waals surface area contributed by atoms with Crippen LogP contribution >= 0.6 is 0 Å². The van der Waals surface area contributed by atoms with Gasteiger partial charge in [-0.3, -0.25) is 0 Å². The Hall–Kier alpha value is -1.30.